The van der Waals surface area contributed by atoms with Crippen LogP contribution in [0.1, 0.15) is 40.0 Å². The maximum atomic E-state index is 5.39. The van der Waals surface area contributed by atoms with Gasteiger partial charge in [-0.2, -0.15) is 0 Å². The molecule has 0 atom stereocenters. The summed E-state index contributed by atoms with van der Waals surface area (Å²) < 4.78 is 5.39. The van der Waals surface area contributed by atoms with Crippen molar-refractivity contribution < 1.29 is 4.74 Å². The molecule has 0 unspecified atom stereocenters. The second-order valence-corrected chi connectivity index (χ2v) is 6.69. The van der Waals surface area contributed by atoms with Crippen LogP contribution in [-0.2, 0) is 4.74 Å². The van der Waals surface area contributed by atoms with Crippen LogP contribution in [-0.4, -0.2) is 63.3 Å². The van der Waals surface area contributed by atoms with Crippen LogP contribution in [0.25, 0.3) is 0 Å². The Balaban J connectivity index is 0.00000441. The second-order valence-electron chi connectivity index (χ2n) is 6.69. The van der Waals surface area contributed by atoms with Crippen LogP contribution in [0.3, 0.4) is 0 Å². The Hall–Kier alpha value is -0.0800. The van der Waals surface area contributed by atoms with E-state index in [1.54, 1.807) is 14.2 Å². The fraction of sp³-hybridized carbons (Fsp3) is 0.938. The zero-order chi connectivity index (χ0) is 15.7. The number of likely N-dealkylation sites (tertiary alicyclic amines) is 1. The van der Waals surface area contributed by atoms with E-state index >= 15 is 0 Å². The normalized spacial score (nSPS) is 18.0. The SMILES string of the molecule is CN=C(NCCCN1CCC(C)CC1)NCC(C)(C)OC.I. The molecule has 0 bridgehead atoms. The first-order valence-electron chi connectivity index (χ1n) is 8.19. The minimum Gasteiger partial charge on any atom is -0.377 e. The van der Waals surface area contributed by atoms with E-state index < -0.39 is 0 Å². The summed E-state index contributed by atoms with van der Waals surface area (Å²) in [6.07, 6.45) is 3.86. The van der Waals surface area contributed by atoms with Crippen LogP contribution in [0.2, 0.25) is 0 Å². The van der Waals surface area contributed by atoms with Gasteiger partial charge in [0.1, 0.15) is 0 Å². The lowest BCUT2D eigenvalue weighted by atomic mass is 9.99. The maximum absolute atomic E-state index is 5.39. The summed E-state index contributed by atoms with van der Waals surface area (Å²) in [6, 6.07) is 0. The van der Waals surface area contributed by atoms with E-state index in [0.717, 1.165) is 31.4 Å². The van der Waals surface area contributed by atoms with Crippen LogP contribution >= 0.6 is 24.0 Å². The molecule has 0 aromatic rings. The molecule has 22 heavy (non-hydrogen) atoms. The molecule has 0 radical (unpaired) electrons. The lowest BCUT2D eigenvalue weighted by Gasteiger charge is -2.30. The predicted octanol–water partition coefficient (Wildman–Crippen LogP) is 2.32. The number of piperidine rings is 1. The Morgan fingerprint density at radius 2 is 1.91 bits per heavy atom. The summed E-state index contributed by atoms with van der Waals surface area (Å²) in [5, 5.41) is 6.68. The van der Waals surface area contributed by atoms with E-state index in [1.807, 2.05) is 0 Å². The number of nitrogens with zero attached hydrogens (tertiary/aromatic N) is 2. The zero-order valence-electron chi connectivity index (χ0n) is 14.9. The van der Waals surface area contributed by atoms with E-state index in [2.05, 4.69) is 41.3 Å². The van der Waals surface area contributed by atoms with Crippen LogP contribution in [0.4, 0.5) is 0 Å². The van der Waals surface area contributed by atoms with Gasteiger partial charge in [-0.3, -0.25) is 4.99 Å². The fourth-order valence-electron chi connectivity index (χ4n) is 2.38. The first kappa shape index (κ1) is 21.9. The summed E-state index contributed by atoms with van der Waals surface area (Å²) in [4.78, 5) is 6.82. The zero-order valence-corrected chi connectivity index (χ0v) is 17.3. The number of ether oxygens (including phenoxy) is 1. The van der Waals surface area contributed by atoms with Gasteiger partial charge in [0.05, 0.1) is 5.60 Å². The Bertz CT molecular complexity index is 315. The summed E-state index contributed by atoms with van der Waals surface area (Å²) in [5.74, 6) is 1.76. The lowest BCUT2D eigenvalue weighted by Crippen LogP contribution is -2.45. The standard InChI is InChI=1S/C16H34N4O.HI/c1-14-7-11-20(12-8-14)10-6-9-18-15(17-4)19-13-16(2,3)21-5;/h14H,6-13H2,1-5H3,(H2,17,18,19);1H. The summed E-state index contributed by atoms with van der Waals surface area (Å²) in [6.45, 7) is 11.9. The lowest BCUT2D eigenvalue weighted by molar-refractivity contribution is 0.0268. The molecule has 6 heteroatoms. The van der Waals surface area contributed by atoms with Crippen molar-refractivity contribution in [1.29, 1.82) is 0 Å². The maximum Gasteiger partial charge on any atom is 0.191 e. The van der Waals surface area contributed by atoms with Gasteiger partial charge in [-0.15, -0.1) is 24.0 Å². The Morgan fingerprint density at radius 3 is 2.45 bits per heavy atom. The van der Waals surface area contributed by atoms with Gasteiger partial charge in [0.15, 0.2) is 5.96 Å². The number of hydrogen-bond acceptors (Lipinski definition) is 3. The average molecular weight is 426 g/mol. The van der Waals surface area contributed by atoms with E-state index in [4.69, 9.17) is 4.74 Å². The summed E-state index contributed by atoms with van der Waals surface area (Å²) >= 11 is 0. The number of hydrogen-bond donors (Lipinski definition) is 2. The Kier molecular flexibility index (Phi) is 11.4. The molecule has 5 nitrogen and oxygen atoms in total. The largest absolute Gasteiger partial charge is 0.377 e. The molecule has 0 saturated carbocycles. The number of halogens is 1. The van der Waals surface area contributed by atoms with Crippen LogP contribution in [0.5, 0.6) is 0 Å². The summed E-state index contributed by atoms with van der Waals surface area (Å²) in [5.41, 5.74) is -0.178. The molecule has 132 valence electrons. The molecular formula is C16H35IN4O. The molecule has 2 N–H and O–H groups in total. The minimum absolute atomic E-state index is 0. The minimum atomic E-state index is -0.178. The van der Waals surface area contributed by atoms with Crippen molar-refractivity contribution >= 4 is 29.9 Å². The number of methoxy groups -OCH3 is 1. The average Bonchev–Trinajstić information content (AvgIpc) is 2.48. The number of rotatable bonds is 7. The van der Waals surface area contributed by atoms with Gasteiger partial charge in [0, 0.05) is 27.2 Å². The molecular weight excluding hydrogens is 391 g/mol. The van der Waals surface area contributed by atoms with Crippen LogP contribution in [0.15, 0.2) is 4.99 Å². The molecule has 1 fully saturated rings. The molecule has 1 rings (SSSR count). The molecule has 0 aromatic carbocycles. The quantitative estimate of drug-likeness (QED) is 0.284. The number of nitrogens with one attached hydrogen (secondary N) is 2. The highest BCUT2D eigenvalue weighted by Crippen LogP contribution is 2.15. The molecule has 0 aliphatic carbocycles. The molecule has 0 amide bonds. The van der Waals surface area contributed by atoms with E-state index in [1.165, 1.54) is 32.5 Å². The van der Waals surface area contributed by atoms with Crippen molar-refractivity contribution in [2.75, 3.05) is 46.9 Å². The van der Waals surface area contributed by atoms with Gasteiger partial charge in [0.2, 0.25) is 0 Å². The third-order valence-corrected chi connectivity index (χ3v) is 4.28. The van der Waals surface area contributed by atoms with Gasteiger partial charge >= 0.3 is 0 Å². The third kappa shape index (κ3) is 9.15. The van der Waals surface area contributed by atoms with Crippen molar-refractivity contribution in [3.8, 4) is 0 Å². The molecule has 1 aliphatic heterocycles. The molecule has 0 spiro atoms. The van der Waals surface area contributed by atoms with Gasteiger partial charge in [-0.25, -0.2) is 0 Å². The molecule has 1 heterocycles. The highest BCUT2D eigenvalue weighted by atomic mass is 127. The highest BCUT2D eigenvalue weighted by Gasteiger charge is 2.17. The topological polar surface area (TPSA) is 48.9 Å². The van der Waals surface area contributed by atoms with E-state index in [9.17, 15) is 0 Å². The molecule has 1 aliphatic rings. The van der Waals surface area contributed by atoms with Crippen LogP contribution < -0.4 is 10.6 Å². The van der Waals surface area contributed by atoms with Crippen LogP contribution in [0, 0.1) is 5.92 Å². The fourth-order valence-corrected chi connectivity index (χ4v) is 2.38. The second kappa shape index (κ2) is 11.5. The predicted molar refractivity (Wildman–Crippen MR) is 105 cm³/mol. The Morgan fingerprint density at radius 1 is 1.27 bits per heavy atom. The van der Waals surface area contributed by atoms with Crippen molar-refractivity contribution in [2.24, 2.45) is 10.9 Å². The first-order valence-corrected chi connectivity index (χ1v) is 8.19. The number of guanidine groups is 1. The van der Waals surface area contributed by atoms with E-state index in [-0.39, 0.29) is 29.6 Å². The molecule has 0 aromatic heterocycles. The van der Waals surface area contributed by atoms with Crippen molar-refractivity contribution in [3.05, 3.63) is 0 Å². The number of aliphatic imine (C=N–C) groups is 1. The first-order chi connectivity index (χ1) is 9.96. The highest BCUT2D eigenvalue weighted by molar-refractivity contribution is 14.0. The van der Waals surface area contributed by atoms with Gasteiger partial charge in [0.25, 0.3) is 0 Å². The van der Waals surface area contributed by atoms with Crippen molar-refractivity contribution in [1.82, 2.24) is 15.5 Å². The molecule has 1 saturated heterocycles. The van der Waals surface area contributed by atoms with Crippen molar-refractivity contribution in [3.63, 3.8) is 0 Å². The van der Waals surface area contributed by atoms with Crippen molar-refractivity contribution in [2.45, 2.75) is 45.6 Å². The van der Waals surface area contributed by atoms with Gasteiger partial charge < -0.3 is 20.3 Å². The Labute approximate surface area is 153 Å². The summed E-state index contributed by atoms with van der Waals surface area (Å²) in [7, 11) is 3.54. The third-order valence-electron chi connectivity index (χ3n) is 4.28. The van der Waals surface area contributed by atoms with Gasteiger partial charge in [-0.05, 0) is 58.7 Å². The van der Waals surface area contributed by atoms with Gasteiger partial charge in [-0.1, -0.05) is 6.92 Å². The monoisotopic (exact) mass is 426 g/mol. The van der Waals surface area contributed by atoms with E-state index in [0.29, 0.717) is 0 Å². The smallest absolute Gasteiger partial charge is 0.191 e.